The highest BCUT2D eigenvalue weighted by molar-refractivity contribution is 6.03. The number of ketones is 1. The van der Waals surface area contributed by atoms with Crippen LogP contribution in [0.25, 0.3) is 6.08 Å². The summed E-state index contributed by atoms with van der Waals surface area (Å²) in [4.78, 5) is 22.3. The van der Waals surface area contributed by atoms with Crippen LogP contribution in [-0.2, 0) is 12.8 Å². The first kappa shape index (κ1) is 20.1. The molecule has 2 aromatic heterocycles. The van der Waals surface area contributed by atoms with E-state index in [1.807, 2.05) is 18.2 Å². The molecule has 0 aromatic carbocycles. The summed E-state index contributed by atoms with van der Waals surface area (Å²) < 4.78 is 0. The minimum atomic E-state index is -0.446. The Hall–Kier alpha value is -2.53. The summed E-state index contributed by atoms with van der Waals surface area (Å²) in [6, 6.07) is 6.26. The van der Waals surface area contributed by atoms with E-state index < -0.39 is 5.60 Å². The van der Waals surface area contributed by atoms with E-state index in [0.29, 0.717) is 30.2 Å². The van der Waals surface area contributed by atoms with Crippen molar-refractivity contribution in [3.8, 4) is 0 Å². The summed E-state index contributed by atoms with van der Waals surface area (Å²) in [5.41, 5.74) is 4.44. The molecule has 2 N–H and O–H groups in total. The normalized spacial score (nSPS) is 31.7. The van der Waals surface area contributed by atoms with Gasteiger partial charge in [0.15, 0.2) is 5.78 Å². The maximum Gasteiger partial charge on any atom is 0.166 e. The number of hydrogen-bond donors (Lipinski definition) is 2. The minimum absolute atomic E-state index is 0.154. The minimum Gasteiger partial charge on any atom is -0.390 e. The number of fused-ring (bicyclic) bond motifs is 1. The smallest absolute Gasteiger partial charge is 0.166 e. The maximum absolute atomic E-state index is 13.3. The average molecular weight is 430 g/mol. The van der Waals surface area contributed by atoms with E-state index in [2.05, 4.69) is 27.4 Å². The van der Waals surface area contributed by atoms with E-state index in [4.69, 9.17) is 0 Å². The van der Waals surface area contributed by atoms with Gasteiger partial charge in [-0.2, -0.15) is 0 Å². The fourth-order valence-electron chi connectivity index (χ4n) is 7.06. The van der Waals surface area contributed by atoms with Gasteiger partial charge in [0.05, 0.1) is 22.5 Å². The Balaban J connectivity index is 1.23. The van der Waals surface area contributed by atoms with Crippen LogP contribution in [0.5, 0.6) is 0 Å². The van der Waals surface area contributed by atoms with Gasteiger partial charge in [-0.05, 0) is 74.8 Å². The third-order valence-corrected chi connectivity index (χ3v) is 8.21. The lowest BCUT2D eigenvalue weighted by atomic mass is 9.52. The van der Waals surface area contributed by atoms with E-state index in [1.165, 1.54) is 12.8 Å². The third-order valence-electron chi connectivity index (χ3n) is 8.21. The van der Waals surface area contributed by atoms with Crippen LogP contribution in [-0.4, -0.2) is 32.5 Å². The molecule has 0 saturated heterocycles. The molecule has 0 spiro atoms. The van der Waals surface area contributed by atoms with Crippen molar-refractivity contribution in [2.24, 2.45) is 17.8 Å². The molecule has 2 atom stereocenters. The molecule has 5 heteroatoms. The molecule has 7 rings (SSSR count). The summed E-state index contributed by atoms with van der Waals surface area (Å²) in [7, 11) is 0. The van der Waals surface area contributed by atoms with E-state index in [9.17, 15) is 9.90 Å². The predicted octanol–water partition coefficient (Wildman–Crippen LogP) is 4.60. The topological polar surface area (TPSA) is 75.1 Å². The number of pyridine rings is 2. The van der Waals surface area contributed by atoms with Gasteiger partial charge in [-0.25, -0.2) is 0 Å². The van der Waals surface area contributed by atoms with Crippen molar-refractivity contribution in [3.05, 3.63) is 59.2 Å². The number of rotatable bonds is 7. The largest absolute Gasteiger partial charge is 0.390 e. The monoisotopic (exact) mass is 429 g/mol. The van der Waals surface area contributed by atoms with Crippen LogP contribution < -0.4 is 5.32 Å². The number of anilines is 1. The van der Waals surface area contributed by atoms with E-state index in [0.717, 1.165) is 66.7 Å². The average Bonchev–Trinajstić information content (AvgIpc) is 3.25. The number of nitrogens with one attached hydrogen (secondary N) is 1. The maximum atomic E-state index is 13.3. The number of carbonyl (C=O) groups excluding carboxylic acids is 1. The first-order valence-electron chi connectivity index (χ1n) is 12.2. The van der Waals surface area contributed by atoms with Crippen molar-refractivity contribution in [3.63, 3.8) is 0 Å². The van der Waals surface area contributed by atoms with Crippen LogP contribution >= 0.6 is 0 Å². The number of nitrogens with zero attached hydrogens (tertiary/aromatic N) is 2. The van der Waals surface area contributed by atoms with Crippen LogP contribution in [0.4, 0.5) is 5.69 Å². The lowest BCUT2D eigenvalue weighted by Gasteiger charge is -2.58. The van der Waals surface area contributed by atoms with Gasteiger partial charge in [-0.15, -0.1) is 0 Å². The van der Waals surface area contributed by atoms with E-state index >= 15 is 0 Å². The highest BCUT2D eigenvalue weighted by Gasteiger charge is 2.54. The lowest BCUT2D eigenvalue weighted by molar-refractivity contribution is -0.129. The summed E-state index contributed by atoms with van der Waals surface area (Å²) in [5.74, 6) is 1.81. The molecule has 0 amide bonds. The zero-order valence-corrected chi connectivity index (χ0v) is 18.5. The zero-order valence-electron chi connectivity index (χ0n) is 18.5. The second kappa shape index (κ2) is 7.80. The number of Topliss-reactive ketones (excluding diaryl/α,β-unsaturated/α-hetero) is 1. The number of allylic oxidation sites excluding steroid dienone is 1. The summed E-state index contributed by atoms with van der Waals surface area (Å²) in [5, 5.41) is 14.8. The molecule has 0 radical (unpaired) electrons. The standard InChI is InChI=1S/C27H31N3O2/c31-24(9-3-6-20-5-1-2-10-28-20)22-16-29-23-8-4-7-21(23)26(22)30-25-18-11-17-12-19(25)15-27(32,13-17)14-18/h1-2,4-5,7,10,16-19,25,32H,3,6,8-9,11-15H2,(H,29,30). The number of aliphatic hydroxyl groups is 1. The van der Waals surface area contributed by atoms with Crippen LogP contribution in [0, 0.1) is 17.8 Å². The predicted molar refractivity (Wildman–Crippen MR) is 124 cm³/mol. The van der Waals surface area contributed by atoms with Gasteiger partial charge in [-0.1, -0.05) is 18.2 Å². The SMILES string of the molecule is O=C(CCCc1ccccn1)c1cnc2c(c1NC1C3CC4CC1CC(O)(C4)C3)C=CC2. The highest BCUT2D eigenvalue weighted by atomic mass is 16.3. The number of carbonyl (C=O) groups is 1. The molecule has 5 nitrogen and oxygen atoms in total. The summed E-state index contributed by atoms with van der Waals surface area (Å²) in [6.07, 6.45) is 16.0. The van der Waals surface area contributed by atoms with Crippen molar-refractivity contribution in [1.82, 2.24) is 9.97 Å². The van der Waals surface area contributed by atoms with Crippen molar-refractivity contribution >= 4 is 17.5 Å². The van der Waals surface area contributed by atoms with Crippen LogP contribution in [0.15, 0.2) is 36.7 Å². The molecule has 5 aliphatic carbocycles. The van der Waals surface area contributed by atoms with Crippen LogP contribution in [0.1, 0.15) is 72.3 Å². The van der Waals surface area contributed by atoms with Gasteiger partial charge in [0, 0.05) is 42.5 Å². The second-order valence-electron chi connectivity index (χ2n) is 10.5. The molecule has 5 aliphatic rings. The Bertz CT molecular complexity index is 1050. The molecule has 2 unspecified atom stereocenters. The fraction of sp³-hybridized carbons (Fsp3) is 0.519. The Morgan fingerprint density at radius 2 is 2.00 bits per heavy atom. The first-order valence-corrected chi connectivity index (χ1v) is 12.2. The Morgan fingerprint density at radius 1 is 1.16 bits per heavy atom. The van der Waals surface area contributed by atoms with Crippen molar-refractivity contribution in [2.75, 3.05) is 5.32 Å². The second-order valence-corrected chi connectivity index (χ2v) is 10.5. The molecule has 4 bridgehead atoms. The molecular formula is C27H31N3O2. The zero-order chi connectivity index (χ0) is 21.7. The van der Waals surface area contributed by atoms with Crippen molar-refractivity contribution in [2.45, 2.75) is 69.4 Å². The molecular weight excluding hydrogens is 398 g/mol. The third kappa shape index (κ3) is 3.57. The number of aromatic nitrogens is 2. The summed E-state index contributed by atoms with van der Waals surface area (Å²) in [6.45, 7) is 0. The molecule has 2 aromatic rings. The van der Waals surface area contributed by atoms with Crippen LogP contribution in [0.3, 0.4) is 0 Å². The number of hydrogen-bond acceptors (Lipinski definition) is 5. The van der Waals surface area contributed by atoms with Gasteiger partial charge >= 0.3 is 0 Å². The van der Waals surface area contributed by atoms with Gasteiger partial charge in [0.2, 0.25) is 0 Å². The Morgan fingerprint density at radius 3 is 2.75 bits per heavy atom. The van der Waals surface area contributed by atoms with Crippen molar-refractivity contribution in [1.29, 1.82) is 0 Å². The quantitative estimate of drug-likeness (QED) is 0.629. The van der Waals surface area contributed by atoms with E-state index in [1.54, 1.807) is 12.4 Å². The van der Waals surface area contributed by atoms with Crippen LogP contribution in [0.2, 0.25) is 0 Å². The molecule has 32 heavy (non-hydrogen) atoms. The summed E-state index contributed by atoms with van der Waals surface area (Å²) >= 11 is 0. The molecule has 0 aliphatic heterocycles. The molecule has 4 saturated carbocycles. The molecule has 166 valence electrons. The highest BCUT2D eigenvalue weighted by Crippen LogP contribution is 2.56. The van der Waals surface area contributed by atoms with E-state index in [-0.39, 0.29) is 5.78 Å². The Kier molecular flexibility index (Phi) is 4.90. The van der Waals surface area contributed by atoms with Gasteiger partial charge in [0.1, 0.15) is 0 Å². The molecule has 2 heterocycles. The lowest BCUT2D eigenvalue weighted by Crippen LogP contribution is -2.59. The van der Waals surface area contributed by atoms with Gasteiger partial charge in [-0.3, -0.25) is 14.8 Å². The van der Waals surface area contributed by atoms with Gasteiger partial charge < -0.3 is 10.4 Å². The first-order chi connectivity index (χ1) is 15.6. The Labute approximate surface area is 189 Å². The number of aryl methyl sites for hydroxylation is 1. The van der Waals surface area contributed by atoms with Gasteiger partial charge in [0.25, 0.3) is 0 Å². The van der Waals surface area contributed by atoms with Crippen molar-refractivity contribution < 1.29 is 9.90 Å². The fourth-order valence-corrected chi connectivity index (χ4v) is 7.06. The molecule has 4 fully saturated rings.